The normalized spacial score (nSPS) is 15.0. The summed E-state index contributed by atoms with van der Waals surface area (Å²) < 4.78 is 30.9. The second kappa shape index (κ2) is 17.1. The number of ether oxygens (including phenoxy) is 2. The Hall–Kier alpha value is -1.52. The molecule has 0 radical (unpaired) electrons. The number of carbonyl (C=O) groups is 3. The fourth-order valence-electron chi connectivity index (χ4n) is 2.47. The van der Waals surface area contributed by atoms with E-state index in [1.54, 1.807) is 0 Å². The molecule has 11 nitrogen and oxygen atoms in total. The molecule has 0 aromatic carbocycles. The van der Waals surface area contributed by atoms with Gasteiger partial charge < -0.3 is 25.2 Å². The fourth-order valence-corrected chi connectivity index (χ4v) is 3.25. The van der Waals surface area contributed by atoms with Crippen molar-refractivity contribution in [2.45, 2.75) is 83.8 Å². The summed E-state index contributed by atoms with van der Waals surface area (Å²) in [7, 11) is -4.64. The zero-order chi connectivity index (χ0) is 23.7. The molecular weight excluding hydrogens is 433 g/mol. The summed E-state index contributed by atoms with van der Waals surface area (Å²) in [6.45, 7) is 1.58. The van der Waals surface area contributed by atoms with E-state index < -0.39 is 51.1 Å². The number of hydrogen-bond donors (Lipinski definition) is 3. The summed E-state index contributed by atoms with van der Waals surface area (Å²) in [5.41, 5.74) is 5.17. The van der Waals surface area contributed by atoms with Gasteiger partial charge in [0.1, 0.15) is 12.6 Å². The average Bonchev–Trinajstić information content (AvgIpc) is 2.69. The van der Waals surface area contributed by atoms with Crippen LogP contribution < -0.4 is 5.73 Å². The number of aliphatic carboxylic acids is 1. The van der Waals surface area contributed by atoms with Crippen LogP contribution in [0.4, 0.5) is 0 Å². The molecule has 0 saturated heterocycles. The third-order valence-electron chi connectivity index (χ3n) is 4.16. The summed E-state index contributed by atoms with van der Waals surface area (Å²) in [5, 5.41) is 8.63. The monoisotopic (exact) mass is 469 g/mol. The molecule has 0 aliphatic rings. The van der Waals surface area contributed by atoms with Crippen LogP contribution in [-0.4, -0.2) is 59.9 Å². The summed E-state index contributed by atoms with van der Waals surface area (Å²) in [5.74, 6) is -2.59. The average molecular weight is 469 g/mol. The van der Waals surface area contributed by atoms with Gasteiger partial charge in [0.15, 0.2) is 6.10 Å². The summed E-state index contributed by atoms with van der Waals surface area (Å²) >= 11 is 0. The second-order valence-electron chi connectivity index (χ2n) is 7.14. The molecule has 0 heterocycles. The maximum atomic E-state index is 11.8. The number of hydrogen-bond acceptors (Lipinski definition) is 9. The highest BCUT2D eigenvalue weighted by atomic mass is 31.2. The number of nitrogens with two attached hydrogens (primary N) is 1. The highest BCUT2D eigenvalue weighted by molar-refractivity contribution is 7.47. The van der Waals surface area contributed by atoms with Gasteiger partial charge >= 0.3 is 25.7 Å². The molecule has 1 unspecified atom stereocenters. The molecule has 31 heavy (non-hydrogen) atoms. The van der Waals surface area contributed by atoms with E-state index in [1.807, 2.05) is 0 Å². The van der Waals surface area contributed by atoms with E-state index in [0.29, 0.717) is 6.42 Å². The Morgan fingerprint density at radius 3 is 2.03 bits per heavy atom. The van der Waals surface area contributed by atoms with Crippen LogP contribution >= 0.6 is 7.82 Å². The highest BCUT2D eigenvalue weighted by Gasteiger charge is 2.27. The minimum absolute atomic E-state index is 0.220. The van der Waals surface area contributed by atoms with Crippen LogP contribution in [0.2, 0.25) is 0 Å². The highest BCUT2D eigenvalue weighted by Crippen LogP contribution is 2.43. The van der Waals surface area contributed by atoms with Crippen molar-refractivity contribution in [1.82, 2.24) is 0 Å². The molecule has 182 valence electrons. The van der Waals surface area contributed by atoms with Crippen LogP contribution in [-0.2, 0) is 37.5 Å². The number of phosphoric acid groups is 1. The van der Waals surface area contributed by atoms with E-state index in [-0.39, 0.29) is 13.0 Å². The lowest BCUT2D eigenvalue weighted by molar-refractivity contribution is -0.159. The van der Waals surface area contributed by atoms with Crippen molar-refractivity contribution in [3.63, 3.8) is 0 Å². The van der Waals surface area contributed by atoms with Crippen molar-refractivity contribution < 1.29 is 47.5 Å². The molecule has 0 rings (SSSR count). The van der Waals surface area contributed by atoms with Crippen LogP contribution in [0.3, 0.4) is 0 Å². The minimum Gasteiger partial charge on any atom is -0.480 e. The van der Waals surface area contributed by atoms with Gasteiger partial charge in [-0.3, -0.25) is 23.4 Å². The number of carbonyl (C=O) groups excluding carboxylic acids is 2. The predicted molar refractivity (Wildman–Crippen MR) is 111 cm³/mol. The lowest BCUT2D eigenvalue weighted by atomic mass is 10.1. The first-order valence-electron chi connectivity index (χ1n) is 10.5. The van der Waals surface area contributed by atoms with Crippen LogP contribution in [0.5, 0.6) is 0 Å². The Balaban J connectivity index is 4.21. The summed E-state index contributed by atoms with van der Waals surface area (Å²) in [6.07, 6.45) is 7.76. The Labute approximate surface area is 183 Å². The van der Waals surface area contributed by atoms with Crippen LogP contribution in [0.1, 0.15) is 71.6 Å². The van der Waals surface area contributed by atoms with Crippen molar-refractivity contribution in [3.8, 4) is 0 Å². The van der Waals surface area contributed by atoms with Gasteiger partial charge in [-0.05, 0) is 6.42 Å². The topological polar surface area (TPSA) is 172 Å². The van der Waals surface area contributed by atoms with E-state index in [2.05, 4.69) is 16.0 Å². The molecule has 12 heteroatoms. The van der Waals surface area contributed by atoms with Crippen molar-refractivity contribution in [2.24, 2.45) is 5.73 Å². The number of carboxylic acids is 1. The molecule has 0 aliphatic carbocycles. The first kappa shape index (κ1) is 29.5. The van der Waals surface area contributed by atoms with Crippen LogP contribution in [0.25, 0.3) is 0 Å². The van der Waals surface area contributed by atoms with E-state index in [0.717, 1.165) is 26.2 Å². The smallest absolute Gasteiger partial charge is 0.472 e. The van der Waals surface area contributed by atoms with E-state index in [4.69, 9.17) is 20.3 Å². The molecule has 4 N–H and O–H groups in total. The van der Waals surface area contributed by atoms with Crippen molar-refractivity contribution in [3.05, 3.63) is 0 Å². The Bertz CT molecular complexity index is 586. The molecular formula is C19H36NO10P. The largest absolute Gasteiger partial charge is 0.480 e. The van der Waals surface area contributed by atoms with Gasteiger partial charge in [0.25, 0.3) is 0 Å². The summed E-state index contributed by atoms with van der Waals surface area (Å²) in [6, 6.07) is -1.51. The maximum absolute atomic E-state index is 11.8. The number of unbranched alkanes of at least 4 members (excludes halogenated alkanes) is 7. The van der Waals surface area contributed by atoms with Crippen LogP contribution in [0, 0.1) is 0 Å². The molecule has 0 fully saturated rings. The Kier molecular flexibility index (Phi) is 16.2. The predicted octanol–water partition coefficient (Wildman–Crippen LogP) is 2.54. The number of esters is 2. The van der Waals surface area contributed by atoms with Gasteiger partial charge in [-0.2, -0.15) is 0 Å². The molecule has 0 aliphatic heterocycles. The molecule has 0 bridgehead atoms. The second-order valence-corrected chi connectivity index (χ2v) is 8.60. The minimum atomic E-state index is -4.64. The Morgan fingerprint density at radius 1 is 0.935 bits per heavy atom. The molecule has 0 saturated carbocycles. The van der Waals surface area contributed by atoms with Crippen molar-refractivity contribution in [2.75, 3.05) is 19.8 Å². The van der Waals surface area contributed by atoms with E-state index in [1.165, 1.54) is 25.7 Å². The van der Waals surface area contributed by atoms with Gasteiger partial charge in [0.2, 0.25) is 0 Å². The van der Waals surface area contributed by atoms with Gasteiger partial charge in [-0.1, -0.05) is 51.9 Å². The first-order valence-corrected chi connectivity index (χ1v) is 12.0. The molecule has 0 spiro atoms. The van der Waals surface area contributed by atoms with Gasteiger partial charge in [-0.15, -0.1) is 0 Å². The number of carboxylic acid groups (broad SMARTS) is 1. The molecule has 0 aromatic heterocycles. The van der Waals surface area contributed by atoms with E-state index in [9.17, 15) is 23.8 Å². The third-order valence-corrected chi connectivity index (χ3v) is 5.11. The first-order chi connectivity index (χ1) is 14.6. The van der Waals surface area contributed by atoms with Crippen molar-refractivity contribution in [1.29, 1.82) is 0 Å². The zero-order valence-electron chi connectivity index (χ0n) is 18.3. The SMILES string of the molecule is CCCCCCCCCCC(=O)OC[C@H](COP(=O)(O)OC[C@H](N)C(=O)O)OC(C)=O. The quantitative estimate of drug-likeness (QED) is 0.144. The van der Waals surface area contributed by atoms with Crippen LogP contribution in [0.15, 0.2) is 0 Å². The third kappa shape index (κ3) is 17.8. The molecule has 0 amide bonds. The number of rotatable bonds is 19. The summed E-state index contributed by atoms with van der Waals surface area (Å²) in [4.78, 5) is 43.2. The lowest BCUT2D eigenvalue weighted by Gasteiger charge is -2.19. The number of phosphoric ester groups is 1. The van der Waals surface area contributed by atoms with Gasteiger partial charge in [-0.25, -0.2) is 4.57 Å². The van der Waals surface area contributed by atoms with Gasteiger partial charge in [0.05, 0.1) is 13.2 Å². The maximum Gasteiger partial charge on any atom is 0.472 e. The Morgan fingerprint density at radius 2 is 1.48 bits per heavy atom. The zero-order valence-corrected chi connectivity index (χ0v) is 19.2. The molecule has 3 atom stereocenters. The van der Waals surface area contributed by atoms with Crippen molar-refractivity contribution >= 4 is 25.7 Å². The van der Waals surface area contributed by atoms with E-state index >= 15 is 0 Å². The molecule has 0 aromatic rings. The lowest BCUT2D eigenvalue weighted by Crippen LogP contribution is -2.34. The van der Waals surface area contributed by atoms with Gasteiger partial charge in [0, 0.05) is 13.3 Å². The standard InChI is InChI=1S/C19H36NO10P/c1-3-4-5-6-7-8-9-10-11-18(22)27-12-16(30-15(2)21)13-28-31(25,26)29-14-17(20)19(23)24/h16-17H,3-14,20H2,1-2H3,(H,23,24)(H,25,26)/t16-,17+/m1/s1. The fraction of sp³-hybridized carbons (Fsp3) is 0.842.